The van der Waals surface area contributed by atoms with E-state index in [1.54, 1.807) is 20.8 Å². The number of carbonyl (C=O) groups is 1. The smallest absolute Gasteiger partial charge is 0.460 e. The molecule has 0 saturated carbocycles. The third-order valence-electron chi connectivity index (χ3n) is 2.00. The van der Waals surface area contributed by atoms with Gasteiger partial charge in [0.1, 0.15) is 11.4 Å². The summed E-state index contributed by atoms with van der Waals surface area (Å²) in [7, 11) is -1.58. The number of rotatable bonds is 4. The Bertz CT molecular complexity index is 400. The summed E-state index contributed by atoms with van der Waals surface area (Å²) < 4.78 is 5.15. The zero-order chi connectivity index (χ0) is 13.8. The second-order valence-corrected chi connectivity index (χ2v) is 4.89. The van der Waals surface area contributed by atoms with Crippen LogP contribution in [0.1, 0.15) is 33.0 Å². The molecule has 0 aliphatic carbocycles. The number of esters is 1. The van der Waals surface area contributed by atoms with Gasteiger partial charge in [-0.05, 0) is 20.8 Å². The summed E-state index contributed by atoms with van der Waals surface area (Å²) in [5, 5.41) is 17.7. The van der Waals surface area contributed by atoms with Gasteiger partial charge in [0, 0.05) is 24.3 Å². The van der Waals surface area contributed by atoms with Crippen molar-refractivity contribution in [3.63, 3.8) is 0 Å². The van der Waals surface area contributed by atoms with Gasteiger partial charge in [-0.15, -0.1) is 0 Å². The van der Waals surface area contributed by atoms with Crippen molar-refractivity contribution in [1.29, 1.82) is 0 Å². The quantitative estimate of drug-likeness (QED) is 0.550. The third kappa shape index (κ3) is 5.24. The van der Waals surface area contributed by atoms with Gasteiger partial charge >= 0.3 is 13.1 Å². The summed E-state index contributed by atoms with van der Waals surface area (Å²) >= 11 is 0. The second-order valence-electron chi connectivity index (χ2n) is 4.89. The number of carbonyl (C=O) groups excluding carboxylic acids is 1. The molecule has 1 rings (SSSR count). The summed E-state index contributed by atoms with van der Waals surface area (Å²) in [5.74, 6) is 0.155. The Hall–Kier alpha value is -1.47. The molecule has 0 saturated heterocycles. The Morgan fingerprint density at radius 1 is 1.33 bits per heavy atom. The number of hydrogen-bond acceptors (Lipinski definition) is 6. The highest BCUT2D eigenvalue weighted by Crippen LogP contribution is 2.09. The monoisotopic (exact) mass is 252 g/mol. The van der Waals surface area contributed by atoms with Gasteiger partial charge < -0.3 is 14.8 Å². The van der Waals surface area contributed by atoms with Crippen LogP contribution in [0.5, 0.6) is 0 Å². The molecule has 18 heavy (non-hydrogen) atoms. The number of aryl methyl sites for hydroxylation is 1. The SMILES string of the molecule is CC(C)(C)OC(=O)CCc1ncc(B(O)O)cn1. The van der Waals surface area contributed by atoms with Crippen molar-refractivity contribution >= 4 is 18.6 Å². The molecule has 0 radical (unpaired) electrons. The molecule has 0 aliphatic rings. The van der Waals surface area contributed by atoms with Crippen molar-refractivity contribution in [1.82, 2.24) is 9.97 Å². The van der Waals surface area contributed by atoms with E-state index in [-0.39, 0.29) is 17.9 Å². The summed E-state index contributed by atoms with van der Waals surface area (Å²) in [5.41, 5.74) is -0.279. The molecule has 1 heterocycles. The first-order chi connectivity index (χ1) is 8.28. The molecule has 0 unspecified atom stereocenters. The molecule has 7 heteroatoms. The molecule has 0 atom stereocenters. The van der Waals surface area contributed by atoms with Crippen molar-refractivity contribution in [3.8, 4) is 0 Å². The normalized spacial score (nSPS) is 11.2. The fraction of sp³-hybridized carbons (Fsp3) is 0.545. The lowest BCUT2D eigenvalue weighted by Gasteiger charge is -2.19. The van der Waals surface area contributed by atoms with Crippen LogP contribution in [0.3, 0.4) is 0 Å². The highest BCUT2D eigenvalue weighted by molar-refractivity contribution is 6.58. The van der Waals surface area contributed by atoms with Crippen molar-refractivity contribution in [2.45, 2.75) is 39.2 Å². The number of nitrogens with zero attached hydrogens (tertiary/aromatic N) is 2. The molecule has 0 amide bonds. The van der Waals surface area contributed by atoms with Crippen LogP contribution in [0, 0.1) is 0 Å². The molecule has 1 aromatic heterocycles. The van der Waals surface area contributed by atoms with Crippen molar-refractivity contribution in [3.05, 3.63) is 18.2 Å². The van der Waals surface area contributed by atoms with Crippen LogP contribution < -0.4 is 5.46 Å². The number of ether oxygens (including phenoxy) is 1. The molecule has 0 spiro atoms. The third-order valence-corrected chi connectivity index (χ3v) is 2.00. The summed E-state index contributed by atoms with van der Waals surface area (Å²) in [6.07, 6.45) is 3.19. The van der Waals surface area contributed by atoms with E-state index < -0.39 is 12.7 Å². The van der Waals surface area contributed by atoms with E-state index >= 15 is 0 Å². The minimum Gasteiger partial charge on any atom is -0.460 e. The molecule has 1 aromatic rings. The molecular weight excluding hydrogens is 235 g/mol. The lowest BCUT2D eigenvalue weighted by molar-refractivity contribution is -0.154. The molecule has 0 bridgehead atoms. The van der Waals surface area contributed by atoms with E-state index in [9.17, 15) is 4.79 Å². The van der Waals surface area contributed by atoms with Crippen LogP contribution in [0.2, 0.25) is 0 Å². The fourth-order valence-corrected chi connectivity index (χ4v) is 1.23. The van der Waals surface area contributed by atoms with E-state index in [1.165, 1.54) is 12.4 Å². The maximum absolute atomic E-state index is 11.4. The Labute approximate surface area is 106 Å². The van der Waals surface area contributed by atoms with Gasteiger partial charge in [-0.2, -0.15) is 0 Å². The van der Waals surface area contributed by atoms with Gasteiger partial charge in [0.15, 0.2) is 0 Å². The largest absolute Gasteiger partial charge is 0.491 e. The standard InChI is InChI=1S/C11H17BN2O4/c1-11(2,3)18-10(15)5-4-9-13-6-8(7-14-9)12(16)17/h6-7,16-17H,4-5H2,1-3H3. The van der Waals surface area contributed by atoms with Gasteiger partial charge in [-0.1, -0.05) is 0 Å². The zero-order valence-electron chi connectivity index (χ0n) is 10.8. The predicted octanol–water partition coefficient (Wildman–Crippen LogP) is -0.569. The second kappa shape index (κ2) is 5.93. The first-order valence-corrected chi connectivity index (χ1v) is 5.67. The Morgan fingerprint density at radius 2 is 1.89 bits per heavy atom. The van der Waals surface area contributed by atoms with Crippen molar-refractivity contribution in [2.75, 3.05) is 0 Å². The van der Waals surface area contributed by atoms with E-state index in [4.69, 9.17) is 14.8 Å². The highest BCUT2D eigenvalue weighted by atomic mass is 16.6. The van der Waals surface area contributed by atoms with Crippen LogP contribution in [0.15, 0.2) is 12.4 Å². The zero-order valence-corrected chi connectivity index (χ0v) is 10.8. The lowest BCUT2D eigenvalue weighted by Crippen LogP contribution is -2.31. The average Bonchev–Trinajstić information content (AvgIpc) is 2.24. The van der Waals surface area contributed by atoms with Gasteiger partial charge in [-0.3, -0.25) is 4.79 Å². The first kappa shape index (κ1) is 14.6. The Morgan fingerprint density at radius 3 is 2.33 bits per heavy atom. The van der Waals surface area contributed by atoms with Gasteiger partial charge in [0.25, 0.3) is 0 Å². The van der Waals surface area contributed by atoms with Crippen LogP contribution in [-0.2, 0) is 16.0 Å². The van der Waals surface area contributed by atoms with Crippen molar-refractivity contribution < 1.29 is 19.6 Å². The lowest BCUT2D eigenvalue weighted by atomic mass is 9.83. The number of aromatic nitrogens is 2. The van der Waals surface area contributed by atoms with Gasteiger partial charge in [0.2, 0.25) is 0 Å². The fourth-order valence-electron chi connectivity index (χ4n) is 1.23. The predicted molar refractivity (Wildman–Crippen MR) is 66.0 cm³/mol. The van der Waals surface area contributed by atoms with Gasteiger partial charge in [0.05, 0.1) is 6.42 Å². The van der Waals surface area contributed by atoms with Crippen LogP contribution >= 0.6 is 0 Å². The highest BCUT2D eigenvalue weighted by Gasteiger charge is 2.17. The van der Waals surface area contributed by atoms with Gasteiger partial charge in [-0.25, -0.2) is 9.97 Å². The van der Waals surface area contributed by atoms with Crippen LogP contribution in [0.4, 0.5) is 0 Å². The van der Waals surface area contributed by atoms with E-state index in [1.807, 2.05) is 0 Å². The minimum atomic E-state index is -1.58. The topological polar surface area (TPSA) is 92.5 Å². The molecule has 6 nitrogen and oxygen atoms in total. The van der Waals surface area contributed by atoms with Crippen molar-refractivity contribution in [2.24, 2.45) is 0 Å². The maximum Gasteiger partial charge on any atom is 0.491 e. The molecular formula is C11H17BN2O4. The Balaban J connectivity index is 2.46. The molecule has 0 fully saturated rings. The molecule has 2 N–H and O–H groups in total. The molecule has 0 aliphatic heterocycles. The van der Waals surface area contributed by atoms with Crippen LogP contribution in [-0.4, -0.2) is 38.7 Å². The van der Waals surface area contributed by atoms with E-state index in [0.717, 1.165) is 0 Å². The maximum atomic E-state index is 11.4. The minimum absolute atomic E-state index is 0.193. The number of hydrogen-bond donors (Lipinski definition) is 2. The summed E-state index contributed by atoms with van der Waals surface area (Å²) in [4.78, 5) is 19.3. The average molecular weight is 252 g/mol. The summed E-state index contributed by atoms with van der Waals surface area (Å²) in [6, 6.07) is 0. The molecule has 98 valence electrons. The van der Waals surface area contributed by atoms with Crippen LogP contribution in [0.25, 0.3) is 0 Å². The van der Waals surface area contributed by atoms with E-state index in [2.05, 4.69) is 9.97 Å². The first-order valence-electron chi connectivity index (χ1n) is 5.67. The Kier molecular flexibility index (Phi) is 4.80. The summed E-state index contributed by atoms with van der Waals surface area (Å²) in [6.45, 7) is 5.41. The molecule has 0 aromatic carbocycles. The van der Waals surface area contributed by atoms with E-state index in [0.29, 0.717) is 12.2 Å².